The molecule has 11 heavy (non-hydrogen) atoms. The number of rotatable bonds is 0. The van der Waals surface area contributed by atoms with Gasteiger partial charge in [0.1, 0.15) is 0 Å². The summed E-state index contributed by atoms with van der Waals surface area (Å²) in [6, 6.07) is 0. The van der Waals surface area contributed by atoms with Gasteiger partial charge in [0.2, 0.25) is 0 Å². The molecular weight excluding hydrogens is 545 g/mol. The van der Waals surface area contributed by atoms with Gasteiger partial charge in [-0.15, -0.1) is 0 Å². The van der Waals surface area contributed by atoms with Crippen LogP contribution in [0, 0.1) is 0 Å². The van der Waals surface area contributed by atoms with E-state index in [9.17, 15) is 0 Å². The fourth-order valence-electron chi connectivity index (χ4n) is 0. The van der Waals surface area contributed by atoms with Crippen LogP contribution in [0.4, 0.5) is 0 Å². The molecule has 11 heteroatoms. The molecule has 0 aromatic heterocycles. The molecule has 0 atom stereocenters. The van der Waals surface area contributed by atoms with Gasteiger partial charge in [-0.2, -0.15) is 0 Å². The van der Waals surface area contributed by atoms with Gasteiger partial charge in [0.25, 0.3) is 0 Å². The summed E-state index contributed by atoms with van der Waals surface area (Å²) < 4.78 is 0. The average Bonchev–Trinajstić information content (AvgIpc) is 0. The number of hydrogen-bond donors (Lipinski definition) is 0. The molecule has 0 unspecified atom stereocenters. The molecule has 36 valence electrons. The Morgan fingerprint density at radius 2 is 1.09 bits per heavy atom. The first-order chi connectivity index (χ1) is 0. The van der Waals surface area contributed by atoms with Crippen molar-refractivity contribution in [2.45, 2.75) is 0 Å². The molecule has 0 spiro atoms. The Hall–Kier alpha value is 11.4. The van der Waals surface area contributed by atoms with Crippen LogP contribution >= 0.6 is 0 Å². The summed E-state index contributed by atoms with van der Waals surface area (Å²) in [6.45, 7) is 0. The van der Waals surface area contributed by atoms with Gasteiger partial charge in [0, 0.05) is 19.5 Å². The zero-order chi connectivity index (χ0) is 0. The summed E-state index contributed by atoms with van der Waals surface area (Å²) >= 11 is 0. The third-order valence-electron chi connectivity index (χ3n) is 0. The molecule has 0 fully saturated rings. The first-order valence-electron chi connectivity index (χ1n) is 0. The normalized spacial score (nSPS) is 0. The largest absolute Gasteiger partial charge is 2.00 e. The van der Waals surface area contributed by atoms with Crippen molar-refractivity contribution in [3.05, 3.63) is 0 Å². The fraction of sp³-hybridized carbons (Fsp3) is 0. The first-order valence-corrected chi connectivity index (χ1v) is 0. The van der Waals surface area contributed by atoms with Crippen molar-refractivity contribution >= 4 is 183 Å². The molecular formula is H17AlBaBeCaKLiMgNaRbSrZn. The van der Waals surface area contributed by atoms with Crippen molar-refractivity contribution in [1.82, 2.24) is 0 Å². The van der Waals surface area contributed by atoms with E-state index >= 15 is 0 Å². The van der Waals surface area contributed by atoms with Gasteiger partial charge < -0.3 is 20.0 Å². The van der Waals surface area contributed by atoms with Crippen LogP contribution in [0.1, 0.15) is 20.0 Å². The Balaban J connectivity index is 0. The molecule has 0 aliphatic rings. The Kier molecular flexibility index (Phi) is 490. The van der Waals surface area contributed by atoms with Crippen LogP contribution in [0.3, 0.4) is 0 Å². The first kappa shape index (κ1) is 78.8. The molecule has 0 nitrogen and oxygen atoms in total. The van der Waals surface area contributed by atoms with Crippen LogP contribution < -0.4 is 158 Å². The third kappa shape index (κ3) is 61.9. The summed E-state index contributed by atoms with van der Waals surface area (Å²) in [5, 5.41) is 0. The van der Waals surface area contributed by atoms with Crippen LogP contribution in [0.25, 0.3) is 0 Å². The van der Waals surface area contributed by atoms with Crippen molar-refractivity contribution in [2.24, 2.45) is 0 Å². The molecule has 0 aliphatic heterocycles. The predicted octanol–water partition coefficient (Wildman–Crippen LogP) is -13.5. The van der Waals surface area contributed by atoms with E-state index in [2.05, 4.69) is 0 Å². The van der Waals surface area contributed by atoms with Crippen LogP contribution in [-0.2, 0) is 19.5 Å². The van der Waals surface area contributed by atoms with Crippen LogP contribution in [0.5, 0.6) is 0 Å². The molecule has 0 radical (unpaired) electrons. The van der Waals surface area contributed by atoms with Crippen molar-refractivity contribution in [3.8, 4) is 0 Å². The SMILES string of the molecule is [AlH3].[Ba+2].[Be+2].[Ca+2].[H-].[H-].[H-].[H-].[H-].[H-].[H-].[H-].[H-].[H-].[H-].[H-].[H-].[H-].[K+].[Li+].[Mg+2].[Na+].[Rb+].[Sr+2].[Zn]. The molecule has 0 saturated carbocycles. The minimum absolute atomic E-state index is 0. The van der Waals surface area contributed by atoms with Gasteiger partial charge in [-0.3, -0.25) is 0 Å². The molecule has 0 aromatic rings. The Morgan fingerprint density at radius 1 is 1.09 bits per heavy atom. The molecule has 0 N–H and O–H groups in total. The van der Waals surface area contributed by atoms with Gasteiger partial charge in [0.15, 0.2) is 17.4 Å². The standard InChI is InChI=1S/Al.Ba.Be.Ca.K.Li.Mg.Na.Rb.Sr.Zn.17H/q;3*+2;2*+1;+2;2*+1;+2;;;;;14*-1. The maximum atomic E-state index is 0. The van der Waals surface area contributed by atoms with Gasteiger partial charge in [-0.25, -0.2) is 0 Å². The van der Waals surface area contributed by atoms with E-state index in [1.807, 2.05) is 0 Å². The van der Waals surface area contributed by atoms with E-state index in [-0.39, 0.29) is 380 Å². The van der Waals surface area contributed by atoms with Crippen molar-refractivity contribution in [1.29, 1.82) is 0 Å². The van der Waals surface area contributed by atoms with E-state index in [0.717, 1.165) is 0 Å². The molecule has 0 bridgehead atoms. The minimum atomic E-state index is 0. The fourth-order valence-corrected chi connectivity index (χ4v) is 0. The smallest absolute Gasteiger partial charge is 1.00 e. The minimum Gasteiger partial charge on any atom is -1.00 e. The second-order valence-electron chi connectivity index (χ2n) is 0. The van der Waals surface area contributed by atoms with Gasteiger partial charge in [-0.05, 0) is 0 Å². The summed E-state index contributed by atoms with van der Waals surface area (Å²) in [5.41, 5.74) is 0. The predicted molar refractivity (Wildman–Crippen MR) is 54.3 cm³/mol. The number of hydrogen-bond acceptors (Lipinski definition) is 0. The molecule has 0 rings (SSSR count). The molecule has 0 aliphatic carbocycles. The van der Waals surface area contributed by atoms with E-state index in [1.165, 1.54) is 0 Å². The zero-order valence-corrected chi connectivity index (χ0v) is 32.8. The van der Waals surface area contributed by atoms with E-state index in [1.54, 1.807) is 0 Å². The molecule has 0 amide bonds. The van der Waals surface area contributed by atoms with Gasteiger partial charge in [0.05, 0.1) is 0 Å². The topological polar surface area (TPSA) is 0 Å². The quantitative estimate of drug-likeness (QED) is 0.258. The van der Waals surface area contributed by atoms with Gasteiger partial charge >= 0.3 is 323 Å². The maximum Gasteiger partial charge on any atom is 2.00 e. The van der Waals surface area contributed by atoms with E-state index in [4.69, 9.17) is 0 Å². The maximum absolute atomic E-state index is 0. The van der Waals surface area contributed by atoms with E-state index in [0.29, 0.717) is 0 Å². The second kappa shape index (κ2) is 68.4. The van der Waals surface area contributed by atoms with Crippen molar-refractivity contribution in [3.63, 3.8) is 0 Å². The second-order valence-corrected chi connectivity index (χ2v) is 0. The van der Waals surface area contributed by atoms with Crippen molar-refractivity contribution in [2.75, 3.05) is 0 Å². The van der Waals surface area contributed by atoms with Crippen molar-refractivity contribution < 1.29 is 197 Å². The third-order valence-corrected chi connectivity index (χ3v) is 0. The van der Waals surface area contributed by atoms with E-state index < -0.39 is 0 Å². The zero-order valence-electron chi connectivity index (χ0n) is 22.2. The van der Waals surface area contributed by atoms with Gasteiger partial charge in [-0.1, -0.05) is 0 Å². The molecule has 0 aromatic carbocycles. The summed E-state index contributed by atoms with van der Waals surface area (Å²) in [6.07, 6.45) is 0. The summed E-state index contributed by atoms with van der Waals surface area (Å²) in [4.78, 5) is 0. The average molecular weight is 562 g/mol. The Morgan fingerprint density at radius 3 is 1.09 bits per heavy atom. The Bertz CT molecular complexity index is 62.8. The van der Waals surface area contributed by atoms with Crippen LogP contribution in [0.2, 0.25) is 0 Å². The molecule has 0 heterocycles. The van der Waals surface area contributed by atoms with Crippen LogP contribution in [-0.4, -0.2) is 183 Å². The summed E-state index contributed by atoms with van der Waals surface area (Å²) in [5.74, 6) is 0. The summed E-state index contributed by atoms with van der Waals surface area (Å²) in [7, 11) is 0. The van der Waals surface area contributed by atoms with Crippen LogP contribution in [0.15, 0.2) is 0 Å². The molecule has 0 saturated heterocycles. The Labute approximate surface area is 367 Å². The monoisotopic (exact) mass is 561 g/mol.